The van der Waals surface area contributed by atoms with Crippen LogP contribution in [0.5, 0.6) is 0 Å². The van der Waals surface area contributed by atoms with Gasteiger partial charge in [-0.15, -0.1) is 0 Å². The third-order valence-electron chi connectivity index (χ3n) is 8.32. The van der Waals surface area contributed by atoms with E-state index in [0.717, 1.165) is 57.1 Å². The first-order valence-corrected chi connectivity index (χ1v) is 14.1. The quantitative estimate of drug-likeness (QED) is 0.314. The first-order chi connectivity index (χ1) is 18.0. The number of rotatable bonds is 6. The van der Waals surface area contributed by atoms with Crippen molar-refractivity contribution in [1.82, 2.24) is 14.4 Å². The second-order valence-corrected chi connectivity index (χ2v) is 11.4. The van der Waals surface area contributed by atoms with E-state index in [1.54, 1.807) is 0 Å². The van der Waals surface area contributed by atoms with Crippen LogP contribution in [0.15, 0.2) is 72.9 Å². The Morgan fingerprint density at radius 2 is 1.59 bits per heavy atom. The van der Waals surface area contributed by atoms with E-state index in [1.807, 2.05) is 12.1 Å². The molecule has 1 aromatic heterocycles. The zero-order valence-electron chi connectivity index (χ0n) is 21.7. The molecule has 1 saturated carbocycles. The maximum Gasteiger partial charge on any atom is 0.0489 e. The zero-order chi connectivity index (χ0) is 25.4. The molecule has 2 aliphatic rings. The molecule has 2 fully saturated rings. The van der Waals surface area contributed by atoms with Gasteiger partial charge in [0.2, 0.25) is 0 Å². The normalized spacial score (nSPS) is 21.2. The summed E-state index contributed by atoms with van der Waals surface area (Å²) in [6, 6.07) is 25.1. The van der Waals surface area contributed by atoms with Gasteiger partial charge in [-0.05, 0) is 61.1 Å². The van der Waals surface area contributed by atoms with E-state index in [2.05, 4.69) is 82.1 Å². The Morgan fingerprint density at radius 1 is 0.865 bits per heavy atom. The zero-order valence-corrected chi connectivity index (χ0v) is 22.5. The molecule has 0 amide bonds. The van der Waals surface area contributed by atoms with Crippen molar-refractivity contribution in [2.24, 2.45) is 5.73 Å². The van der Waals surface area contributed by atoms with Gasteiger partial charge in [0, 0.05) is 79.0 Å². The lowest BCUT2D eigenvalue weighted by Gasteiger charge is -2.35. The number of hydrogen-bond acceptors (Lipinski definition) is 3. The summed E-state index contributed by atoms with van der Waals surface area (Å²) in [4.78, 5) is 5.10. The molecule has 0 bridgehead atoms. The highest BCUT2D eigenvalue weighted by Gasteiger charge is 2.26. The maximum atomic E-state index is 6.40. The fourth-order valence-electron chi connectivity index (χ4n) is 6.14. The molecule has 3 aromatic carbocycles. The van der Waals surface area contributed by atoms with Crippen LogP contribution in [-0.2, 0) is 13.1 Å². The topological polar surface area (TPSA) is 37.4 Å². The average Bonchev–Trinajstić information content (AvgIpc) is 3.50. The number of aromatic nitrogens is 1. The standard InChI is InChI=1S/C32H37ClN4/c1-23-6-9-25(10-7-23)30-22-37(28-12-11-27(34)19-28)32-13-8-24(18-29(30)32)20-35-14-16-36(17-15-35)21-26-4-2-3-5-31(26)33/h2-10,13,18,22,27-28H,11-12,14-17,19-21,34H2,1H3/t27-,28+/m1/s1. The van der Waals surface area contributed by atoms with E-state index in [1.165, 1.54) is 45.1 Å². The van der Waals surface area contributed by atoms with E-state index in [0.29, 0.717) is 12.1 Å². The Balaban J connectivity index is 1.21. The molecular formula is C32H37ClN4. The van der Waals surface area contributed by atoms with Crippen LogP contribution in [0.4, 0.5) is 0 Å². The molecule has 5 heteroatoms. The Kier molecular flexibility index (Phi) is 7.09. The Morgan fingerprint density at radius 3 is 2.30 bits per heavy atom. The number of benzene rings is 3. The van der Waals surface area contributed by atoms with Crippen molar-refractivity contribution >= 4 is 22.5 Å². The average molecular weight is 513 g/mol. The molecule has 0 spiro atoms. The smallest absolute Gasteiger partial charge is 0.0489 e. The lowest BCUT2D eigenvalue weighted by molar-refractivity contribution is 0.122. The largest absolute Gasteiger partial charge is 0.344 e. The highest BCUT2D eigenvalue weighted by Crippen LogP contribution is 2.38. The van der Waals surface area contributed by atoms with Crippen molar-refractivity contribution in [1.29, 1.82) is 0 Å². The van der Waals surface area contributed by atoms with Crippen molar-refractivity contribution in [3.63, 3.8) is 0 Å². The first kappa shape index (κ1) is 24.7. The monoisotopic (exact) mass is 512 g/mol. The van der Waals surface area contributed by atoms with Crippen molar-refractivity contribution < 1.29 is 0 Å². The number of nitrogens with two attached hydrogens (primary N) is 1. The summed E-state index contributed by atoms with van der Waals surface area (Å²) in [5.74, 6) is 0. The SMILES string of the molecule is Cc1ccc(-c2cn([C@H]3CC[C@@H](N)C3)c3ccc(CN4CCN(Cc5ccccc5Cl)CC4)cc23)cc1. The highest BCUT2D eigenvalue weighted by molar-refractivity contribution is 6.31. The van der Waals surface area contributed by atoms with Crippen LogP contribution in [0.2, 0.25) is 5.02 Å². The van der Waals surface area contributed by atoms with E-state index in [4.69, 9.17) is 17.3 Å². The number of piperazine rings is 1. The summed E-state index contributed by atoms with van der Waals surface area (Å²) in [5, 5.41) is 2.23. The van der Waals surface area contributed by atoms with E-state index < -0.39 is 0 Å². The van der Waals surface area contributed by atoms with Crippen LogP contribution in [0.1, 0.15) is 42.0 Å². The Labute approximate surface area is 225 Å². The molecule has 1 aliphatic carbocycles. The molecule has 37 heavy (non-hydrogen) atoms. The molecule has 192 valence electrons. The lowest BCUT2D eigenvalue weighted by Crippen LogP contribution is -2.45. The second kappa shape index (κ2) is 10.6. The summed E-state index contributed by atoms with van der Waals surface area (Å²) in [7, 11) is 0. The molecule has 4 nitrogen and oxygen atoms in total. The number of nitrogens with zero attached hydrogens (tertiary/aromatic N) is 3. The van der Waals surface area contributed by atoms with E-state index in [9.17, 15) is 0 Å². The van der Waals surface area contributed by atoms with Crippen LogP contribution in [0.3, 0.4) is 0 Å². The molecule has 2 heterocycles. The van der Waals surface area contributed by atoms with Gasteiger partial charge in [0.05, 0.1) is 0 Å². The van der Waals surface area contributed by atoms with Crippen LogP contribution < -0.4 is 5.73 Å². The Hall–Kier alpha value is -2.63. The van der Waals surface area contributed by atoms with Crippen LogP contribution in [0, 0.1) is 6.92 Å². The second-order valence-electron chi connectivity index (χ2n) is 11.0. The van der Waals surface area contributed by atoms with Crippen molar-refractivity contribution in [2.75, 3.05) is 26.2 Å². The first-order valence-electron chi connectivity index (χ1n) is 13.7. The molecule has 2 N–H and O–H groups in total. The van der Waals surface area contributed by atoms with E-state index >= 15 is 0 Å². The van der Waals surface area contributed by atoms with Gasteiger partial charge in [0.15, 0.2) is 0 Å². The number of halogens is 1. The van der Waals surface area contributed by atoms with Gasteiger partial charge in [0.1, 0.15) is 0 Å². The Bertz CT molecular complexity index is 1370. The molecular weight excluding hydrogens is 476 g/mol. The van der Waals surface area contributed by atoms with Crippen molar-refractivity contribution in [3.8, 4) is 11.1 Å². The highest BCUT2D eigenvalue weighted by atomic mass is 35.5. The lowest BCUT2D eigenvalue weighted by atomic mass is 10.0. The van der Waals surface area contributed by atoms with Crippen LogP contribution >= 0.6 is 11.6 Å². The number of hydrogen-bond donors (Lipinski definition) is 1. The van der Waals surface area contributed by atoms with Gasteiger partial charge in [-0.25, -0.2) is 0 Å². The van der Waals surface area contributed by atoms with Gasteiger partial charge in [-0.1, -0.05) is 65.7 Å². The summed E-state index contributed by atoms with van der Waals surface area (Å²) < 4.78 is 2.51. The minimum Gasteiger partial charge on any atom is -0.344 e. The summed E-state index contributed by atoms with van der Waals surface area (Å²) in [5.41, 5.74) is 14.2. The van der Waals surface area contributed by atoms with Gasteiger partial charge in [0.25, 0.3) is 0 Å². The summed E-state index contributed by atoms with van der Waals surface area (Å²) >= 11 is 6.40. The fraction of sp³-hybridized carbons (Fsp3) is 0.375. The molecule has 1 aliphatic heterocycles. The fourth-order valence-corrected chi connectivity index (χ4v) is 6.34. The van der Waals surface area contributed by atoms with Gasteiger partial charge < -0.3 is 10.3 Å². The van der Waals surface area contributed by atoms with Gasteiger partial charge >= 0.3 is 0 Å². The van der Waals surface area contributed by atoms with Crippen molar-refractivity contribution in [3.05, 3.63) is 94.6 Å². The van der Waals surface area contributed by atoms with E-state index in [-0.39, 0.29) is 0 Å². The molecule has 2 atom stereocenters. The van der Waals surface area contributed by atoms with Gasteiger partial charge in [-0.2, -0.15) is 0 Å². The molecule has 0 unspecified atom stereocenters. The molecule has 1 saturated heterocycles. The predicted octanol–water partition coefficient (Wildman–Crippen LogP) is 6.64. The minimum atomic E-state index is 0.320. The maximum absolute atomic E-state index is 6.40. The van der Waals surface area contributed by atoms with Crippen LogP contribution in [-0.4, -0.2) is 46.6 Å². The summed E-state index contributed by atoms with van der Waals surface area (Å²) in [6.07, 6.45) is 5.73. The molecule has 6 rings (SSSR count). The number of fused-ring (bicyclic) bond motifs is 1. The predicted molar refractivity (Wildman–Crippen MR) is 155 cm³/mol. The third kappa shape index (κ3) is 5.35. The third-order valence-corrected chi connectivity index (χ3v) is 8.69. The molecule has 4 aromatic rings. The molecule has 0 radical (unpaired) electrons. The van der Waals surface area contributed by atoms with Gasteiger partial charge in [-0.3, -0.25) is 9.80 Å². The number of aryl methyl sites for hydroxylation is 1. The summed E-state index contributed by atoms with van der Waals surface area (Å²) in [6.45, 7) is 8.36. The van der Waals surface area contributed by atoms with Crippen LogP contribution in [0.25, 0.3) is 22.0 Å². The minimum absolute atomic E-state index is 0.320. The van der Waals surface area contributed by atoms with Crippen molar-refractivity contribution in [2.45, 2.75) is 51.4 Å².